The fourth-order valence-electron chi connectivity index (χ4n) is 1.75. The van der Waals surface area contributed by atoms with Crippen molar-refractivity contribution >= 4 is 17.2 Å². The Morgan fingerprint density at radius 3 is 2.79 bits per heavy atom. The van der Waals surface area contributed by atoms with Gasteiger partial charge in [-0.25, -0.2) is 0 Å². The lowest BCUT2D eigenvalue weighted by molar-refractivity contribution is 0.0937. The van der Waals surface area contributed by atoms with Gasteiger partial charge in [-0.2, -0.15) is 0 Å². The lowest BCUT2D eigenvalue weighted by Crippen LogP contribution is -2.26. The first-order chi connectivity index (χ1) is 9.13. The molecule has 0 bridgehead atoms. The Bertz CT molecular complexity index is 566. The van der Waals surface area contributed by atoms with Gasteiger partial charge < -0.3 is 15.2 Å². The lowest BCUT2D eigenvalue weighted by atomic mass is 10.1. The maximum Gasteiger partial charge on any atom is 0.255 e. The van der Waals surface area contributed by atoms with Gasteiger partial charge in [0.25, 0.3) is 5.91 Å². The van der Waals surface area contributed by atoms with Crippen LogP contribution in [0.1, 0.15) is 28.2 Å². The van der Waals surface area contributed by atoms with Gasteiger partial charge in [-0.1, -0.05) is 12.1 Å². The van der Waals surface area contributed by atoms with E-state index in [9.17, 15) is 9.90 Å². The number of methoxy groups -OCH3 is 1. The van der Waals surface area contributed by atoms with Gasteiger partial charge in [0.2, 0.25) is 0 Å². The number of nitrogens with one attached hydrogen (secondary N) is 1. The molecule has 1 aromatic heterocycles. The number of aromatic hydroxyl groups is 1. The summed E-state index contributed by atoms with van der Waals surface area (Å²) in [5, 5.41) is 14.7. The third kappa shape index (κ3) is 2.88. The Morgan fingerprint density at radius 1 is 1.37 bits per heavy atom. The van der Waals surface area contributed by atoms with Crippen molar-refractivity contribution in [1.29, 1.82) is 0 Å². The van der Waals surface area contributed by atoms with Crippen LogP contribution in [0.4, 0.5) is 0 Å². The van der Waals surface area contributed by atoms with Crippen LogP contribution in [0.25, 0.3) is 0 Å². The molecule has 100 valence electrons. The van der Waals surface area contributed by atoms with Crippen LogP contribution in [-0.4, -0.2) is 18.1 Å². The van der Waals surface area contributed by atoms with Gasteiger partial charge in [0.1, 0.15) is 0 Å². The summed E-state index contributed by atoms with van der Waals surface area (Å²) in [6.07, 6.45) is 0. The Kier molecular flexibility index (Phi) is 4.06. The van der Waals surface area contributed by atoms with Crippen molar-refractivity contribution in [2.75, 3.05) is 7.11 Å². The highest BCUT2D eigenvalue weighted by Gasteiger charge is 2.17. The minimum absolute atomic E-state index is 0.0990. The average molecular weight is 277 g/mol. The Hall–Kier alpha value is -2.01. The summed E-state index contributed by atoms with van der Waals surface area (Å²) in [5.41, 5.74) is 0.211. The van der Waals surface area contributed by atoms with E-state index < -0.39 is 0 Å². The van der Waals surface area contributed by atoms with E-state index in [1.807, 2.05) is 24.4 Å². The van der Waals surface area contributed by atoms with Gasteiger partial charge in [0.05, 0.1) is 18.7 Å². The molecule has 1 atom stereocenters. The zero-order chi connectivity index (χ0) is 13.8. The molecule has 0 radical (unpaired) electrons. The second-order valence-corrected chi connectivity index (χ2v) is 5.05. The number of benzene rings is 1. The van der Waals surface area contributed by atoms with Crippen molar-refractivity contribution in [3.8, 4) is 11.5 Å². The van der Waals surface area contributed by atoms with Gasteiger partial charge in [-0.05, 0) is 30.5 Å². The van der Waals surface area contributed by atoms with Crippen LogP contribution in [-0.2, 0) is 0 Å². The number of rotatable bonds is 4. The molecule has 1 amide bonds. The van der Waals surface area contributed by atoms with Crippen molar-refractivity contribution in [2.45, 2.75) is 13.0 Å². The molecule has 4 nitrogen and oxygen atoms in total. The van der Waals surface area contributed by atoms with E-state index in [0.29, 0.717) is 0 Å². The minimum Gasteiger partial charge on any atom is -0.504 e. The molecule has 1 aromatic carbocycles. The number of carbonyl (C=O) groups excluding carboxylic acids is 1. The monoisotopic (exact) mass is 277 g/mol. The van der Waals surface area contributed by atoms with Crippen LogP contribution in [0.15, 0.2) is 35.7 Å². The molecule has 0 aliphatic heterocycles. The number of carbonyl (C=O) groups is 1. The molecule has 0 saturated carbocycles. The van der Waals surface area contributed by atoms with E-state index in [-0.39, 0.29) is 29.0 Å². The molecular formula is C14H15NO3S. The zero-order valence-corrected chi connectivity index (χ0v) is 11.5. The summed E-state index contributed by atoms with van der Waals surface area (Å²) in [4.78, 5) is 13.2. The Labute approximate surface area is 115 Å². The van der Waals surface area contributed by atoms with E-state index in [4.69, 9.17) is 4.74 Å². The number of hydrogen-bond donors (Lipinski definition) is 2. The average Bonchev–Trinajstić information content (AvgIpc) is 2.92. The predicted molar refractivity (Wildman–Crippen MR) is 74.9 cm³/mol. The van der Waals surface area contributed by atoms with Gasteiger partial charge in [-0.15, -0.1) is 11.3 Å². The number of ether oxygens (including phenoxy) is 1. The summed E-state index contributed by atoms with van der Waals surface area (Å²) in [6, 6.07) is 8.64. The van der Waals surface area contributed by atoms with Crippen LogP contribution in [0, 0.1) is 0 Å². The summed E-state index contributed by atoms with van der Waals surface area (Å²) in [7, 11) is 1.45. The smallest absolute Gasteiger partial charge is 0.255 e. The standard InChI is InChI=1S/C14H15NO3S/c1-9(12-7-4-8-19-12)15-14(17)10-5-3-6-11(18-2)13(10)16/h3-9,16H,1-2H3,(H,15,17)/t9-/m0/s1. The molecule has 5 heteroatoms. The van der Waals surface area contributed by atoms with Gasteiger partial charge in [0.15, 0.2) is 11.5 Å². The summed E-state index contributed by atoms with van der Waals surface area (Å²) < 4.78 is 4.99. The minimum atomic E-state index is -0.322. The highest BCUT2D eigenvalue weighted by molar-refractivity contribution is 7.10. The molecule has 0 unspecified atom stereocenters. The number of amides is 1. The van der Waals surface area contributed by atoms with Crippen LogP contribution >= 0.6 is 11.3 Å². The third-order valence-electron chi connectivity index (χ3n) is 2.78. The molecule has 0 aliphatic carbocycles. The van der Waals surface area contributed by atoms with Crippen LogP contribution in [0.2, 0.25) is 0 Å². The van der Waals surface area contributed by atoms with Crippen molar-refractivity contribution in [3.63, 3.8) is 0 Å². The van der Waals surface area contributed by atoms with Crippen molar-refractivity contribution in [1.82, 2.24) is 5.32 Å². The molecule has 2 aromatic rings. The highest BCUT2D eigenvalue weighted by Crippen LogP contribution is 2.29. The first-order valence-corrected chi connectivity index (χ1v) is 6.71. The first kappa shape index (κ1) is 13.4. The summed E-state index contributed by atoms with van der Waals surface area (Å²) in [6.45, 7) is 1.90. The van der Waals surface area contributed by atoms with E-state index in [2.05, 4.69) is 5.32 Å². The second-order valence-electron chi connectivity index (χ2n) is 4.07. The first-order valence-electron chi connectivity index (χ1n) is 5.83. The number of thiophene rings is 1. The van der Waals surface area contributed by atoms with Gasteiger partial charge in [-0.3, -0.25) is 4.79 Å². The SMILES string of the molecule is COc1cccc(C(=O)N[C@@H](C)c2cccs2)c1O. The molecule has 0 fully saturated rings. The van der Waals surface area contributed by atoms with Crippen molar-refractivity contribution < 1.29 is 14.6 Å². The number of hydrogen-bond acceptors (Lipinski definition) is 4. The number of para-hydroxylation sites is 1. The number of phenols is 1. The normalized spacial score (nSPS) is 11.9. The Balaban J connectivity index is 2.16. The van der Waals surface area contributed by atoms with E-state index in [1.165, 1.54) is 7.11 Å². The largest absolute Gasteiger partial charge is 0.504 e. The van der Waals surface area contributed by atoms with Gasteiger partial charge >= 0.3 is 0 Å². The molecule has 2 N–H and O–H groups in total. The topological polar surface area (TPSA) is 58.6 Å². The maximum absolute atomic E-state index is 12.1. The van der Waals surface area contributed by atoms with Crippen LogP contribution in [0.5, 0.6) is 11.5 Å². The zero-order valence-electron chi connectivity index (χ0n) is 10.7. The fourth-order valence-corrected chi connectivity index (χ4v) is 2.49. The molecule has 0 aliphatic rings. The molecular weight excluding hydrogens is 262 g/mol. The Morgan fingerprint density at radius 2 is 2.16 bits per heavy atom. The van der Waals surface area contributed by atoms with E-state index in [1.54, 1.807) is 29.5 Å². The van der Waals surface area contributed by atoms with E-state index >= 15 is 0 Å². The predicted octanol–water partition coefficient (Wildman–Crippen LogP) is 2.95. The highest BCUT2D eigenvalue weighted by atomic mass is 32.1. The molecule has 2 rings (SSSR count). The second kappa shape index (κ2) is 5.75. The maximum atomic E-state index is 12.1. The molecule has 0 spiro atoms. The van der Waals surface area contributed by atoms with Crippen LogP contribution in [0.3, 0.4) is 0 Å². The van der Waals surface area contributed by atoms with Crippen LogP contribution < -0.4 is 10.1 Å². The molecule has 19 heavy (non-hydrogen) atoms. The quantitative estimate of drug-likeness (QED) is 0.903. The fraction of sp³-hybridized carbons (Fsp3) is 0.214. The third-order valence-corrected chi connectivity index (χ3v) is 3.84. The van der Waals surface area contributed by atoms with E-state index in [0.717, 1.165) is 4.88 Å². The molecule has 0 saturated heterocycles. The summed E-state index contributed by atoms with van der Waals surface area (Å²) >= 11 is 1.58. The van der Waals surface area contributed by atoms with Crippen molar-refractivity contribution in [2.24, 2.45) is 0 Å². The van der Waals surface area contributed by atoms with Gasteiger partial charge in [0, 0.05) is 4.88 Å². The number of phenolic OH excluding ortho intramolecular Hbond substituents is 1. The lowest BCUT2D eigenvalue weighted by Gasteiger charge is -2.13. The van der Waals surface area contributed by atoms with Crippen molar-refractivity contribution in [3.05, 3.63) is 46.2 Å². The summed E-state index contributed by atoms with van der Waals surface area (Å²) in [5.74, 6) is -0.172. The molecule has 1 heterocycles.